The fraction of sp³-hybridized carbons (Fsp3) is 0.286. The fourth-order valence-electron chi connectivity index (χ4n) is 2.11. The van der Waals surface area contributed by atoms with Crippen molar-refractivity contribution in [3.8, 4) is 17.1 Å². The molecule has 3 rings (SSSR count). The molecule has 1 aliphatic rings. The molecule has 0 unspecified atom stereocenters. The van der Waals surface area contributed by atoms with Crippen LogP contribution in [0.4, 0.5) is 0 Å². The molecule has 6 heteroatoms. The number of phenolic OH excluding ortho intramolecular Hbond substituents is 1. The molecule has 2 aromatic rings. The van der Waals surface area contributed by atoms with Crippen LogP contribution in [0.2, 0.25) is 0 Å². The second-order valence-corrected chi connectivity index (χ2v) is 4.50. The highest BCUT2D eigenvalue weighted by atomic mass is 16.5. The normalized spacial score (nSPS) is 15.3. The number of phenols is 1. The number of aromatic hydroxyl groups is 1. The predicted octanol–water partition coefficient (Wildman–Crippen LogP) is 1.52. The smallest absolute Gasteiger partial charge is 0.276 e. The maximum absolute atomic E-state index is 12.2. The summed E-state index contributed by atoms with van der Waals surface area (Å²) in [4.78, 5) is 13.9. The van der Waals surface area contributed by atoms with Crippen molar-refractivity contribution in [1.29, 1.82) is 0 Å². The van der Waals surface area contributed by atoms with Gasteiger partial charge in [0.25, 0.3) is 5.91 Å². The van der Waals surface area contributed by atoms with E-state index in [0.717, 1.165) is 0 Å². The maximum atomic E-state index is 12.2. The van der Waals surface area contributed by atoms with Gasteiger partial charge in [-0.05, 0) is 12.1 Å². The Kier molecular flexibility index (Phi) is 3.39. The minimum Gasteiger partial charge on any atom is -0.507 e. The summed E-state index contributed by atoms with van der Waals surface area (Å²) in [5, 5.41) is 13.6. The van der Waals surface area contributed by atoms with Gasteiger partial charge in [0.1, 0.15) is 5.75 Å². The third kappa shape index (κ3) is 2.37. The third-order valence-corrected chi connectivity index (χ3v) is 3.20. The predicted molar refractivity (Wildman–Crippen MR) is 70.3 cm³/mol. The van der Waals surface area contributed by atoms with Crippen LogP contribution in [0, 0.1) is 0 Å². The number of nitrogens with zero attached hydrogens (tertiary/aromatic N) is 2. The Hall–Kier alpha value is -2.34. The quantitative estimate of drug-likeness (QED) is 0.898. The van der Waals surface area contributed by atoms with Gasteiger partial charge in [-0.15, -0.1) is 0 Å². The highest BCUT2D eigenvalue weighted by Gasteiger charge is 2.22. The van der Waals surface area contributed by atoms with Gasteiger partial charge < -0.3 is 19.3 Å². The van der Waals surface area contributed by atoms with Crippen molar-refractivity contribution in [3.05, 3.63) is 36.0 Å². The average Bonchev–Trinajstić information content (AvgIpc) is 2.97. The standard InChI is InChI=1S/C14H14N2O4/c17-12-4-2-1-3-10(12)13-9-11(15-20-13)14(18)16-5-7-19-8-6-16/h1-4,9,17H,5-8H2. The van der Waals surface area contributed by atoms with Crippen molar-refractivity contribution in [2.24, 2.45) is 0 Å². The SMILES string of the molecule is O=C(c1cc(-c2ccccc2O)on1)N1CCOCC1. The molecule has 1 N–H and O–H groups in total. The minimum atomic E-state index is -0.182. The molecule has 1 saturated heterocycles. The number of hydrogen-bond donors (Lipinski definition) is 1. The summed E-state index contributed by atoms with van der Waals surface area (Å²) in [6.45, 7) is 2.18. The Morgan fingerprint density at radius 2 is 2.00 bits per heavy atom. The van der Waals surface area contributed by atoms with Crippen LogP contribution in [0.5, 0.6) is 5.75 Å². The molecule has 0 saturated carbocycles. The topological polar surface area (TPSA) is 75.8 Å². The van der Waals surface area contributed by atoms with Crippen LogP contribution in [-0.2, 0) is 4.74 Å². The molecule has 0 spiro atoms. The van der Waals surface area contributed by atoms with E-state index in [9.17, 15) is 9.90 Å². The molecule has 1 aliphatic heterocycles. The number of para-hydroxylation sites is 1. The largest absolute Gasteiger partial charge is 0.507 e. The summed E-state index contributed by atoms with van der Waals surface area (Å²) >= 11 is 0. The zero-order valence-corrected chi connectivity index (χ0v) is 10.8. The van der Waals surface area contributed by atoms with Crippen molar-refractivity contribution in [2.45, 2.75) is 0 Å². The van der Waals surface area contributed by atoms with E-state index in [1.54, 1.807) is 35.2 Å². The van der Waals surface area contributed by atoms with Gasteiger partial charge in [0.05, 0.1) is 18.8 Å². The lowest BCUT2D eigenvalue weighted by Crippen LogP contribution is -2.40. The fourth-order valence-corrected chi connectivity index (χ4v) is 2.11. The summed E-state index contributed by atoms with van der Waals surface area (Å²) in [7, 11) is 0. The van der Waals surface area contributed by atoms with Crippen LogP contribution in [0.15, 0.2) is 34.9 Å². The third-order valence-electron chi connectivity index (χ3n) is 3.20. The van der Waals surface area contributed by atoms with E-state index in [1.165, 1.54) is 0 Å². The zero-order valence-electron chi connectivity index (χ0n) is 10.8. The van der Waals surface area contributed by atoms with Crippen LogP contribution in [0.25, 0.3) is 11.3 Å². The highest BCUT2D eigenvalue weighted by Crippen LogP contribution is 2.29. The molecule has 6 nitrogen and oxygen atoms in total. The molecule has 104 valence electrons. The maximum Gasteiger partial charge on any atom is 0.276 e. The lowest BCUT2D eigenvalue weighted by molar-refractivity contribution is 0.0296. The Bertz CT molecular complexity index is 617. The van der Waals surface area contributed by atoms with Crippen molar-refractivity contribution in [3.63, 3.8) is 0 Å². The molecule has 20 heavy (non-hydrogen) atoms. The van der Waals surface area contributed by atoms with Gasteiger partial charge in [-0.1, -0.05) is 17.3 Å². The molecule has 1 fully saturated rings. The molecule has 2 heterocycles. The van der Waals surface area contributed by atoms with Crippen molar-refractivity contribution in [1.82, 2.24) is 10.1 Å². The number of aromatic nitrogens is 1. The van der Waals surface area contributed by atoms with Crippen LogP contribution >= 0.6 is 0 Å². The van der Waals surface area contributed by atoms with Gasteiger partial charge in [-0.25, -0.2) is 0 Å². The zero-order chi connectivity index (χ0) is 13.9. The van der Waals surface area contributed by atoms with E-state index >= 15 is 0 Å². The molecule has 1 aromatic heterocycles. The first-order valence-corrected chi connectivity index (χ1v) is 6.38. The average molecular weight is 274 g/mol. The van der Waals surface area contributed by atoms with Crippen LogP contribution < -0.4 is 0 Å². The van der Waals surface area contributed by atoms with Gasteiger partial charge in [-0.3, -0.25) is 4.79 Å². The molecule has 0 atom stereocenters. The van der Waals surface area contributed by atoms with Gasteiger partial charge in [0.15, 0.2) is 11.5 Å². The Balaban J connectivity index is 1.83. The van der Waals surface area contributed by atoms with Crippen molar-refractivity contribution < 1.29 is 19.2 Å². The van der Waals surface area contributed by atoms with E-state index in [4.69, 9.17) is 9.26 Å². The molecule has 1 aromatic carbocycles. The Morgan fingerprint density at radius 1 is 1.25 bits per heavy atom. The molecule has 0 aliphatic carbocycles. The Morgan fingerprint density at radius 3 is 2.75 bits per heavy atom. The molecule has 0 radical (unpaired) electrons. The number of hydrogen-bond acceptors (Lipinski definition) is 5. The van der Waals surface area contributed by atoms with Gasteiger partial charge >= 0.3 is 0 Å². The first kappa shape index (κ1) is 12.7. The van der Waals surface area contributed by atoms with Crippen LogP contribution in [-0.4, -0.2) is 47.4 Å². The number of morpholine rings is 1. The molecular formula is C14H14N2O4. The summed E-state index contributed by atoms with van der Waals surface area (Å²) in [6.07, 6.45) is 0. The first-order valence-electron chi connectivity index (χ1n) is 6.38. The summed E-state index contributed by atoms with van der Waals surface area (Å²) in [5.74, 6) is 0.285. The number of benzene rings is 1. The molecular weight excluding hydrogens is 260 g/mol. The number of carbonyl (C=O) groups excluding carboxylic acids is 1. The van der Waals surface area contributed by atoms with Crippen LogP contribution in [0.1, 0.15) is 10.5 Å². The first-order chi connectivity index (χ1) is 9.75. The van der Waals surface area contributed by atoms with Gasteiger partial charge in [-0.2, -0.15) is 0 Å². The number of carbonyl (C=O) groups is 1. The van der Waals surface area contributed by atoms with E-state index < -0.39 is 0 Å². The van der Waals surface area contributed by atoms with E-state index in [2.05, 4.69) is 5.16 Å². The van der Waals surface area contributed by atoms with Crippen molar-refractivity contribution in [2.75, 3.05) is 26.3 Å². The number of rotatable bonds is 2. The second-order valence-electron chi connectivity index (χ2n) is 4.50. The number of ether oxygens (including phenoxy) is 1. The van der Waals surface area contributed by atoms with Gasteiger partial charge in [0.2, 0.25) is 0 Å². The van der Waals surface area contributed by atoms with E-state index in [1.807, 2.05) is 0 Å². The lowest BCUT2D eigenvalue weighted by Gasteiger charge is -2.25. The number of amides is 1. The monoisotopic (exact) mass is 274 g/mol. The molecule has 0 bridgehead atoms. The lowest BCUT2D eigenvalue weighted by atomic mass is 10.1. The van der Waals surface area contributed by atoms with Gasteiger partial charge in [0, 0.05) is 19.2 Å². The van der Waals surface area contributed by atoms with Crippen LogP contribution in [0.3, 0.4) is 0 Å². The minimum absolute atomic E-state index is 0.0917. The summed E-state index contributed by atoms with van der Waals surface area (Å²) < 4.78 is 10.4. The summed E-state index contributed by atoms with van der Waals surface area (Å²) in [5.41, 5.74) is 0.756. The van der Waals surface area contributed by atoms with Crippen molar-refractivity contribution >= 4 is 5.91 Å². The van der Waals surface area contributed by atoms with E-state index in [0.29, 0.717) is 37.6 Å². The van der Waals surface area contributed by atoms with E-state index in [-0.39, 0.29) is 17.4 Å². The summed E-state index contributed by atoms with van der Waals surface area (Å²) in [6, 6.07) is 8.31. The molecule has 1 amide bonds. The second kappa shape index (κ2) is 5.34. The highest BCUT2D eigenvalue weighted by molar-refractivity contribution is 5.93. The Labute approximate surface area is 115 Å².